The maximum absolute atomic E-state index is 13.7. The number of pyridine rings is 1. The zero-order valence-electron chi connectivity index (χ0n) is 18.4. The molecule has 0 saturated heterocycles. The van der Waals surface area contributed by atoms with Crippen molar-refractivity contribution < 1.29 is 0 Å². The van der Waals surface area contributed by atoms with Gasteiger partial charge in [-0.15, -0.1) is 0 Å². The molecular weight excluding hydrogens is 458 g/mol. The lowest BCUT2D eigenvalue weighted by atomic mass is 10.1. The van der Waals surface area contributed by atoms with Gasteiger partial charge in [0.1, 0.15) is 12.2 Å². The highest BCUT2D eigenvalue weighted by Gasteiger charge is 2.19. The van der Waals surface area contributed by atoms with Crippen molar-refractivity contribution in [3.05, 3.63) is 125 Å². The molecule has 3 heterocycles. The molecule has 0 radical (unpaired) electrons. The van der Waals surface area contributed by atoms with Gasteiger partial charge in [-0.3, -0.25) is 18.9 Å². The zero-order valence-corrected chi connectivity index (χ0v) is 19.2. The van der Waals surface area contributed by atoms with Gasteiger partial charge in [0.05, 0.1) is 5.69 Å². The predicted octanol–water partition coefficient (Wildman–Crippen LogP) is 5.95. The number of imidazole rings is 1. The van der Waals surface area contributed by atoms with E-state index in [1.165, 1.54) is 0 Å². The highest BCUT2D eigenvalue weighted by atomic mass is 35.5. The molecule has 168 valence electrons. The second kappa shape index (κ2) is 8.66. The van der Waals surface area contributed by atoms with Crippen LogP contribution in [0.4, 0.5) is 0 Å². The first-order chi connectivity index (χ1) is 17.2. The summed E-state index contributed by atoms with van der Waals surface area (Å²) in [5.74, 6) is 0.514. The van der Waals surface area contributed by atoms with E-state index in [9.17, 15) is 4.79 Å². The van der Waals surface area contributed by atoms with Crippen molar-refractivity contribution in [2.75, 3.05) is 0 Å². The molecule has 3 aromatic carbocycles. The number of hydrogen-bond acceptors (Lipinski definition) is 4. The van der Waals surface area contributed by atoms with Gasteiger partial charge in [-0.2, -0.15) is 0 Å². The third-order valence-corrected chi connectivity index (χ3v) is 6.08. The first-order valence-electron chi connectivity index (χ1n) is 11.0. The summed E-state index contributed by atoms with van der Waals surface area (Å²) in [5, 5.41) is 0.589. The fourth-order valence-corrected chi connectivity index (χ4v) is 4.22. The lowest BCUT2D eigenvalue weighted by Crippen LogP contribution is -2.22. The van der Waals surface area contributed by atoms with Gasteiger partial charge in [0.2, 0.25) is 0 Å². The maximum Gasteiger partial charge on any atom is 0.286 e. The van der Waals surface area contributed by atoms with Gasteiger partial charge in [-0.25, -0.2) is 9.97 Å². The molecule has 35 heavy (non-hydrogen) atoms. The van der Waals surface area contributed by atoms with Gasteiger partial charge in [-0.05, 0) is 53.6 Å². The van der Waals surface area contributed by atoms with Crippen LogP contribution in [0, 0.1) is 0 Å². The molecule has 0 amide bonds. The highest BCUT2D eigenvalue weighted by molar-refractivity contribution is 6.30. The molecule has 0 saturated carbocycles. The van der Waals surface area contributed by atoms with E-state index in [1.807, 2.05) is 77.5 Å². The highest BCUT2D eigenvalue weighted by Crippen LogP contribution is 2.27. The molecular formula is C28H18ClN5O. The molecule has 0 fully saturated rings. The Bertz CT molecular complexity index is 1690. The van der Waals surface area contributed by atoms with E-state index in [-0.39, 0.29) is 5.56 Å². The third-order valence-electron chi connectivity index (χ3n) is 5.83. The van der Waals surface area contributed by atoms with E-state index in [1.54, 1.807) is 41.4 Å². The topological polar surface area (TPSA) is 65.6 Å². The fourth-order valence-electron chi connectivity index (χ4n) is 4.10. The van der Waals surface area contributed by atoms with Crippen molar-refractivity contribution in [2.45, 2.75) is 0 Å². The Morgan fingerprint density at radius 2 is 1.46 bits per heavy atom. The summed E-state index contributed by atoms with van der Waals surface area (Å²) in [6, 6.07) is 28.7. The van der Waals surface area contributed by atoms with Gasteiger partial charge >= 0.3 is 0 Å². The van der Waals surface area contributed by atoms with Crippen molar-refractivity contribution in [3.63, 3.8) is 0 Å². The van der Waals surface area contributed by atoms with Crippen LogP contribution in [-0.4, -0.2) is 24.1 Å². The van der Waals surface area contributed by atoms with E-state index in [2.05, 4.69) is 9.97 Å². The summed E-state index contributed by atoms with van der Waals surface area (Å²) < 4.78 is 3.41. The van der Waals surface area contributed by atoms with Gasteiger partial charge < -0.3 is 0 Å². The molecule has 3 aromatic heterocycles. The summed E-state index contributed by atoms with van der Waals surface area (Å²) in [4.78, 5) is 27.3. The molecule has 0 bridgehead atoms. The van der Waals surface area contributed by atoms with E-state index in [0.29, 0.717) is 27.7 Å². The van der Waals surface area contributed by atoms with Crippen LogP contribution in [0.3, 0.4) is 0 Å². The van der Waals surface area contributed by atoms with Gasteiger partial charge in [0.25, 0.3) is 5.56 Å². The van der Waals surface area contributed by atoms with Crippen molar-refractivity contribution in [1.29, 1.82) is 0 Å². The number of rotatable bonds is 4. The van der Waals surface area contributed by atoms with Crippen molar-refractivity contribution in [1.82, 2.24) is 24.1 Å². The summed E-state index contributed by atoms with van der Waals surface area (Å²) in [5.41, 5.74) is 4.92. The minimum Gasteiger partial charge on any atom is -0.283 e. The Hall–Kier alpha value is -4.55. The van der Waals surface area contributed by atoms with Gasteiger partial charge in [0, 0.05) is 28.7 Å². The second-order valence-electron chi connectivity index (χ2n) is 7.99. The Morgan fingerprint density at radius 1 is 0.714 bits per heavy atom. The molecule has 0 spiro atoms. The fraction of sp³-hybridized carbons (Fsp3) is 0. The third kappa shape index (κ3) is 3.80. The largest absolute Gasteiger partial charge is 0.286 e. The van der Waals surface area contributed by atoms with Crippen LogP contribution < -0.4 is 5.56 Å². The molecule has 0 aliphatic rings. The average molecular weight is 476 g/mol. The Labute approximate surface area is 205 Å². The first kappa shape index (κ1) is 21.0. The quantitative estimate of drug-likeness (QED) is 0.316. The molecule has 7 heteroatoms. The van der Waals surface area contributed by atoms with Gasteiger partial charge in [-0.1, -0.05) is 60.1 Å². The van der Waals surface area contributed by atoms with E-state index < -0.39 is 0 Å². The number of hydrogen-bond donors (Lipinski definition) is 0. The maximum atomic E-state index is 13.7. The second-order valence-corrected chi connectivity index (χ2v) is 8.43. The molecule has 6 aromatic rings. The number of halogens is 1. The van der Waals surface area contributed by atoms with Gasteiger partial charge in [0.15, 0.2) is 11.2 Å². The monoisotopic (exact) mass is 475 g/mol. The van der Waals surface area contributed by atoms with E-state index in [0.717, 1.165) is 22.4 Å². The Morgan fingerprint density at radius 3 is 2.17 bits per heavy atom. The molecule has 0 aliphatic carbocycles. The summed E-state index contributed by atoms with van der Waals surface area (Å²) in [6.07, 6.45) is 5.20. The van der Waals surface area contributed by atoms with Crippen LogP contribution in [0.2, 0.25) is 5.02 Å². The lowest BCUT2D eigenvalue weighted by Gasteiger charge is -2.14. The molecule has 0 atom stereocenters. The number of aromatic nitrogens is 5. The van der Waals surface area contributed by atoms with Crippen LogP contribution in [0.25, 0.3) is 45.1 Å². The minimum atomic E-state index is -0.252. The summed E-state index contributed by atoms with van der Waals surface area (Å²) >= 11 is 6.11. The van der Waals surface area contributed by atoms with Crippen LogP contribution in [0.15, 0.2) is 115 Å². The summed E-state index contributed by atoms with van der Waals surface area (Å²) in [6.45, 7) is 0. The van der Waals surface area contributed by atoms with Crippen molar-refractivity contribution in [3.8, 4) is 33.9 Å². The SMILES string of the molecule is O=c1c2ncn(-c3ccccc3)c2nc(-c2ccc(-c3cccnc3)cc2)n1-c1ccc(Cl)cc1. The lowest BCUT2D eigenvalue weighted by molar-refractivity contribution is 0.962. The number of fused-ring (bicyclic) bond motifs is 1. The molecule has 6 nitrogen and oxygen atoms in total. The number of para-hydroxylation sites is 1. The van der Waals surface area contributed by atoms with Crippen molar-refractivity contribution in [2.24, 2.45) is 0 Å². The normalized spacial score (nSPS) is 11.1. The standard InChI is InChI=1S/C28H18ClN5O/c29-22-12-14-24(15-13-22)34-26(20-10-8-19(9-11-20)21-5-4-16-30-17-21)32-27-25(28(34)35)31-18-33(27)23-6-2-1-3-7-23/h1-18H. The molecule has 0 unspecified atom stereocenters. The zero-order chi connectivity index (χ0) is 23.8. The minimum absolute atomic E-state index is 0.252. The van der Waals surface area contributed by atoms with Crippen LogP contribution >= 0.6 is 11.6 Å². The molecule has 6 rings (SSSR count). The summed E-state index contributed by atoms with van der Waals surface area (Å²) in [7, 11) is 0. The van der Waals surface area contributed by atoms with Crippen LogP contribution in [-0.2, 0) is 0 Å². The Balaban J connectivity index is 1.59. The van der Waals surface area contributed by atoms with E-state index in [4.69, 9.17) is 16.6 Å². The van der Waals surface area contributed by atoms with Crippen molar-refractivity contribution >= 4 is 22.8 Å². The Kier molecular flexibility index (Phi) is 5.20. The molecule has 0 N–H and O–H groups in total. The number of nitrogens with zero attached hydrogens (tertiary/aromatic N) is 5. The van der Waals surface area contributed by atoms with E-state index >= 15 is 0 Å². The van der Waals surface area contributed by atoms with Crippen LogP contribution in [0.1, 0.15) is 0 Å². The predicted molar refractivity (Wildman–Crippen MR) is 138 cm³/mol. The first-order valence-corrected chi connectivity index (χ1v) is 11.4. The smallest absolute Gasteiger partial charge is 0.283 e. The number of benzene rings is 3. The molecule has 0 aliphatic heterocycles. The average Bonchev–Trinajstić information content (AvgIpc) is 3.35. The van der Waals surface area contributed by atoms with Crippen LogP contribution in [0.5, 0.6) is 0 Å².